The van der Waals surface area contributed by atoms with E-state index < -0.39 is 10.0 Å². The molecule has 0 amide bonds. The van der Waals surface area contributed by atoms with Gasteiger partial charge in [0.2, 0.25) is 10.0 Å². The van der Waals surface area contributed by atoms with E-state index in [9.17, 15) is 8.42 Å². The Labute approximate surface area is 120 Å². The van der Waals surface area contributed by atoms with E-state index >= 15 is 0 Å². The zero-order valence-electron chi connectivity index (χ0n) is 11.6. The van der Waals surface area contributed by atoms with Crippen molar-refractivity contribution in [2.75, 3.05) is 20.6 Å². The van der Waals surface area contributed by atoms with Gasteiger partial charge in [-0.15, -0.1) is 0 Å². The highest BCUT2D eigenvalue weighted by molar-refractivity contribution is 7.89. The number of hydrogen-bond donors (Lipinski definition) is 1. The highest BCUT2D eigenvalue weighted by Crippen LogP contribution is 2.13. The van der Waals surface area contributed by atoms with Crippen molar-refractivity contribution in [3.8, 4) is 0 Å². The third-order valence-electron chi connectivity index (χ3n) is 2.92. The summed E-state index contributed by atoms with van der Waals surface area (Å²) in [5.74, 6) is 0.346. The number of pyridine rings is 1. The molecule has 7 heteroatoms. The molecule has 0 bridgehead atoms. The lowest BCUT2D eigenvalue weighted by molar-refractivity contribution is 0.233. The molecule has 1 unspecified atom stereocenters. The Bertz CT molecular complexity index is 509. The molecule has 0 fully saturated rings. The second kappa shape index (κ2) is 6.65. The molecule has 5 nitrogen and oxygen atoms in total. The Morgan fingerprint density at radius 1 is 1.42 bits per heavy atom. The molecule has 0 saturated heterocycles. The van der Waals surface area contributed by atoms with Crippen molar-refractivity contribution in [1.29, 1.82) is 0 Å². The molecule has 108 valence electrons. The second-order valence-corrected chi connectivity index (χ2v) is 7.10. The van der Waals surface area contributed by atoms with Crippen LogP contribution in [-0.2, 0) is 10.0 Å². The van der Waals surface area contributed by atoms with Crippen LogP contribution in [0.4, 0.5) is 0 Å². The van der Waals surface area contributed by atoms with Crippen LogP contribution in [-0.4, -0.2) is 45.0 Å². The summed E-state index contributed by atoms with van der Waals surface area (Å²) < 4.78 is 26.8. The van der Waals surface area contributed by atoms with Gasteiger partial charge >= 0.3 is 0 Å². The zero-order chi connectivity index (χ0) is 14.6. The predicted octanol–water partition coefficient (Wildman–Crippen LogP) is 1.60. The Hall–Kier alpha value is -0.690. The number of aromatic nitrogens is 1. The van der Waals surface area contributed by atoms with Crippen molar-refractivity contribution in [3.05, 3.63) is 23.5 Å². The molecule has 1 aromatic heterocycles. The molecule has 19 heavy (non-hydrogen) atoms. The van der Waals surface area contributed by atoms with Crippen LogP contribution in [0.3, 0.4) is 0 Å². The highest BCUT2D eigenvalue weighted by atomic mass is 35.5. The van der Waals surface area contributed by atoms with Gasteiger partial charge in [0.1, 0.15) is 5.15 Å². The lowest BCUT2D eigenvalue weighted by atomic mass is 10.0. The van der Waals surface area contributed by atoms with Gasteiger partial charge in [0.05, 0.1) is 4.90 Å². The molecular formula is C12H20ClN3O2S. The molecule has 0 spiro atoms. The van der Waals surface area contributed by atoms with E-state index in [4.69, 9.17) is 11.6 Å². The van der Waals surface area contributed by atoms with Gasteiger partial charge in [0.15, 0.2) is 0 Å². The van der Waals surface area contributed by atoms with Gasteiger partial charge in [-0.1, -0.05) is 25.4 Å². The first kappa shape index (κ1) is 16.4. The van der Waals surface area contributed by atoms with Crippen LogP contribution in [0.15, 0.2) is 23.2 Å². The third kappa shape index (κ3) is 4.72. The summed E-state index contributed by atoms with van der Waals surface area (Å²) in [5.41, 5.74) is 0. The molecule has 1 aromatic rings. The van der Waals surface area contributed by atoms with Gasteiger partial charge in [0, 0.05) is 18.8 Å². The van der Waals surface area contributed by atoms with E-state index in [1.54, 1.807) is 0 Å². The smallest absolute Gasteiger partial charge is 0.240 e. The maximum absolute atomic E-state index is 12.1. The van der Waals surface area contributed by atoms with Crippen molar-refractivity contribution in [2.24, 2.45) is 5.92 Å². The molecule has 0 aliphatic rings. The maximum Gasteiger partial charge on any atom is 0.240 e. The average Bonchev–Trinajstić information content (AvgIpc) is 2.28. The summed E-state index contributed by atoms with van der Waals surface area (Å²) in [6.07, 6.45) is 1.38. The quantitative estimate of drug-likeness (QED) is 0.811. The molecule has 0 saturated carbocycles. The zero-order valence-corrected chi connectivity index (χ0v) is 13.2. The minimum atomic E-state index is -3.55. The van der Waals surface area contributed by atoms with Crippen LogP contribution in [0.1, 0.15) is 13.8 Å². The molecule has 1 rings (SSSR count). The van der Waals surface area contributed by atoms with E-state index in [0.717, 1.165) is 0 Å². The van der Waals surface area contributed by atoms with Gasteiger partial charge in [0.25, 0.3) is 0 Å². The molecular weight excluding hydrogens is 286 g/mol. The van der Waals surface area contributed by atoms with Crippen LogP contribution in [0, 0.1) is 5.92 Å². The van der Waals surface area contributed by atoms with Gasteiger partial charge in [-0.05, 0) is 32.1 Å². The van der Waals surface area contributed by atoms with E-state index in [2.05, 4.69) is 23.6 Å². The number of hydrogen-bond acceptors (Lipinski definition) is 4. The van der Waals surface area contributed by atoms with Crippen LogP contribution in [0.25, 0.3) is 0 Å². The fourth-order valence-corrected chi connectivity index (χ4v) is 3.15. The molecule has 0 radical (unpaired) electrons. The SMILES string of the molecule is CC(C)C(CNS(=O)(=O)c1ccnc(Cl)c1)N(C)C. The summed E-state index contributed by atoms with van der Waals surface area (Å²) in [4.78, 5) is 5.91. The Kier molecular flexibility index (Phi) is 5.73. The monoisotopic (exact) mass is 305 g/mol. The molecule has 0 aromatic carbocycles. The van der Waals surface area contributed by atoms with Gasteiger partial charge < -0.3 is 4.90 Å². The Balaban J connectivity index is 2.81. The fourth-order valence-electron chi connectivity index (χ4n) is 1.84. The highest BCUT2D eigenvalue weighted by Gasteiger charge is 2.20. The number of halogens is 1. The number of nitrogens with one attached hydrogen (secondary N) is 1. The predicted molar refractivity (Wildman–Crippen MR) is 76.7 cm³/mol. The standard InChI is InChI=1S/C12H20ClN3O2S/c1-9(2)11(16(3)4)8-15-19(17,18)10-5-6-14-12(13)7-10/h5-7,9,11,15H,8H2,1-4H3. The van der Waals surface area contributed by atoms with Crippen molar-refractivity contribution < 1.29 is 8.42 Å². The number of likely N-dealkylation sites (N-methyl/N-ethyl adjacent to an activating group) is 1. The van der Waals surface area contributed by atoms with Gasteiger partial charge in [-0.3, -0.25) is 0 Å². The summed E-state index contributed by atoms with van der Waals surface area (Å²) in [6, 6.07) is 2.89. The third-order valence-corrected chi connectivity index (χ3v) is 4.55. The summed E-state index contributed by atoms with van der Waals surface area (Å²) in [7, 11) is 0.320. The molecule has 1 atom stereocenters. The average molecular weight is 306 g/mol. The lowest BCUT2D eigenvalue weighted by Crippen LogP contribution is -2.43. The topological polar surface area (TPSA) is 62.3 Å². The van der Waals surface area contributed by atoms with E-state index in [1.807, 2.05) is 19.0 Å². The van der Waals surface area contributed by atoms with Crippen LogP contribution in [0.5, 0.6) is 0 Å². The normalized spacial score (nSPS) is 14.1. The fraction of sp³-hybridized carbons (Fsp3) is 0.583. The first-order valence-electron chi connectivity index (χ1n) is 6.01. The van der Waals surface area contributed by atoms with E-state index in [-0.39, 0.29) is 16.1 Å². The summed E-state index contributed by atoms with van der Waals surface area (Å²) in [6.45, 7) is 4.47. The molecule has 1 heterocycles. The van der Waals surface area contributed by atoms with Crippen molar-refractivity contribution in [2.45, 2.75) is 24.8 Å². The molecule has 1 N–H and O–H groups in total. The van der Waals surface area contributed by atoms with Crippen LogP contribution in [0.2, 0.25) is 5.15 Å². The second-order valence-electron chi connectivity index (χ2n) is 4.94. The number of rotatable bonds is 6. The summed E-state index contributed by atoms with van der Waals surface area (Å²) >= 11 is 5.70. The van der Waals surface area contributed by atoms with E-state index in [0.29, 0.717) is 12.5 Å². The molecule has 0 aliphatic carbocycles. The van der Waals surface area contributed by atoms with Crippen LogP contribution >= 0.6 is 11.6 Å². The first-order valence-corrected chi connectivity index (χ1v) is 7.88. The van der Waals surface area contributed by atoms with Crippen molar-refractivity contribution in [1.82, 2.24) is 14.6 Å². The Morgan fingerprint density at radius 3 is 2.53 bits per heavy atom. The maximum atomic E-state index is 12.1. The van der Waals surface area contributed by atoms with Crippen LogP contribution < -0.4 is 4.72 Å². The van der Waals surface area contributed by atoms with E-state index in [1.165, 1.54) is 18.3 Å². The number of sulfonamides is 1. The largest absolute Gasteiger partial charge is 0.305 e. The van der Waals surface area contributed by atoms with Gasteiger partial charge in [-0.2, -0.15) is 0 Å². The Morgan fingerprint density at radius 2 is 2.05 bits per heavy atom. The molecule has 0 aliphatic heterocycles. The van der Waals surface area contributed by atoms with Crippen molar-refractivity contribution >= 4 is 21.6 Å². The minimum Gasteiger partial charge on any atom is -0.305 e. The van der Waals surface area contributed by atoms with Gasteiger partial charge in [-0.25, -0.2) is 18.1 Å². The summed E-state index contributed by atoms with van der Waals surface area (Å²) in [5, 5.41) is 0.163. The van der Waals surface area contributed by atoms with Crippen molar-refractivity contribution in [3.63, 3.8) is 0 Å². The minimum absolute atomic E-state index is 0.132. The number of nitrogens with zero attached hydrogens (tertiary/aromatic N) is 2. The lowest BCUT2D eigenvalue weighted by Gasteiger charge is -2.28. The first-order chi connectivity index (χ1) is 8.74.